The predicted octanol–water partition coefficient (Wildman–Crippen LogP) is 4.40. The zero-order valence-corrected chi connectivity index (χ0v) is 13.1. The Bertz CT molecular complexity index is 760. The van der Waals surface area contributed by atoms with Crippen LogP contribution in [0.5, 0.6) is 0 Å². The first-order chi connectivity index (χ1) is 11.0. The van der Waals surface area contributed by atoms with Crippen molar-refractivity contribution in [3.8, 4) is 0 Å². The SMILES string of the molecule is Cc1ccccc1CC(=O)CC(=O)c1ccc(C2CC2)cc1F. The molecule has 3 heteroatoms. The smallest absolute Gasteiger partial charge is 0.173 e. The first-order valence-corrected chi connectivity index (χ1v) is 7.93. The fourth-order valence-electron chi connectivity index (χ4n) is 2.79. The molecule has 0 atom stereocenters. The monoisotopic (exact) mass is 310 g/mol. The van der Waals surface area contributed by atoms with Crippen LogP contribution in [0.2, 0.25) is 0 Å². The Hall–Kier alpha value is -2.29. The van der Waals surface area contributed by atoms with E-state index in [1.807, 2.05) is 31.2 Å². The molecule has 0 amide bonds. The fourth-order valence-corrected chi connectivity index (χ4v) is 2.79. The molecule has 0 unspecified atom stereocenters. The zero-order valence-electron chi connectivity index (χ0n) is 13.1. The molecule has 1 saturated carbocycles. The van der Waals surface area contributed by atoms with Crippen molar-refractivity contribution in [3.05, 3.63) is 70.5 Å². The summed E-state index contributed by atoms with van der Waals surface area (Å²) < 4.78 is 14.1. The summed E-state index contributed by atoms with van der Waals surface area (Å²) in [5.41, 5.74) is 2.90. The van der Waals surface area contributed by atoms with Crippen molar-refractivity contribution in [3.63, 3.8) is 0 Å². The number of aryl methyl sites for hydroxylation is 1. The van der Waals surface area contributed by atoms with Crippen LogP contribution in [0.4, 0.5) is 4.39 Å². The maximum absolute atomic E-state index is 14.1. The lowest BCUT2D eigenvalue weighted by Gasteiger charge is -2.06. The molecule has 0 aromatic heterocycles. The van der Waals surface area contributed by atoms with Gasteiger partial charge >= 0.3 is 0 Å². The number of rotatable bonds is 6. The highest BCUT2D eigenvalue weighted by molar-refractivity contribution is 6.08. The topological polar surface area (TPSA) is 34.1 Å². The second kappa shape index (κ2) is 6.45. The van der Waals surface area contributed by atoms with Gasteiger partial charge in [-0.05, 0) is 54.5 Å². The molecule has 3 rings (SSSR count). The van der Waals surface area contributed by atoms with Crippen molar-refractivity contribution < 1.29 is 14.0 Å². The number of hydrogen-bond acceptors (Lipinski definition) is 2. The molecule has 0 N–H and O–H groups in total. The largest absolute Gasteiger partial charge is 0.299 e. The molecule has 1 aliphatic rings. The van der Waals surface area contributed by atoms with Crippen molar-refractivity contribution in [2.75, 3.05) is 0 Å². The van der Waals surface area contributed by atoms with E-state index in [0.29, 0.717) is 5.92 Å². The molecule has 0 spiro atoms. The summed E-state index contributed by atoms with van der Waals surface area (Å²) >= 11 is 0. The van der Waals surface area contributed by atoms with Crippen LogP contribution < -0.4 is 0 Å². The van der Waals surface area contributed by atoms with Crippen molar-refractivity contribution in [1.29, 1.82) is 0 Å². The highest BCUT2D eigenvalue weighted by Gasteiger charge is 2.25. The number of Topliss-reactive ketones (excluding diaryl/α,β-unsaturated/α-hetero) is 2. The molecule has 0 bridgehead atoms. The summed E-state index contributed by atoms with van der Waals surface area (Å²) in [5.74, 6) is -0.696. The molecule has 23 heavy (non-hydrogen) atoms. The van der Waals surface area contributed by atoms with Gasteiger partial charge in [0.2, 0.25) is 0 Å². The third-order valence-corrected chi connectivity index (χ3v) is 4.35. The molecule has 0 radical (unpaired) electrons. The van der Waals surface area contributed by atoms with Gasteiger partial charge in [-0.1, -0.05) is 30.3 Å². The number of hydrogen-bond donors (Lipinski definition) is 0. The molecular formula is C20H19FO2. The van der Waals surface area contributed by atoms with Crippen molar-refractivity contribution in [2.24, 2.45) is 0 Å². The van der Waals surface area contributed by atoms with Gasteiger partial charge in [0.15, 0.2) is 5.78 Å². The van der Waals surface area contributed by atoms with Gasteiger partial charge in [-0.25, -0.2) is 4.39 Å². The van der Waals surface area contributed by atoms with Gasteiger partial charge in [-0.2, -0.15) is 0 Å². The predicted molar refractivity (Wildman–Crippen MR) is 87.2 cm³/mol. The minimum Gasteiger partial charge on any atom is -0.299 e. The lowest BCUT2D eigenvalue weighted by Crippen LogP contribution is -2.12. The summed E-state index contributed by atoms with van der Waals surface area (Å²) in [7, 11) is 0. The zero-order chi connectivity index (χ0) is 16.4. The average molecular weight is 310 g/mol. The lowest BCUT2D eigenvalue weighted by molar-refractivity contribution is -0.117. The molecule has 2 aromatic rings. The number of benzene rings is 2. The van der Waals surface area contributed by atoms with Crippen molar-refractivity contribution >= 4 is 11.6 Å². The molecule has 2 nitrogen and oxygen atoms in total. The van der Waals surface area contributed by atoms with Crippen LogP contribution in [-0.2, 0) is 11.2 Å². The van der Waals surface area contributed by atoms with Gasteiger partial charge in [0, 0.05) is 6.42 Å². The van der Waals surface area contributed by atoms with E-state index in [0.717, 1.165) is 29.5 Å². The Morgan fingerprint density at radius 2 is 1.87 bits per heavy atom. The average Bonchev–Trinajstić information content (AvgIpc) is 3.34. The molecule has 0 saturated heterocycles. The van der Waals surface area contributed by atoms with E-state index in [9.17, 15) is 14.0 Å². The fraction of sp³-hybridized carbons (Fsp3) is 0.300. The Morgan fingerprint density at radius 1 is 1.13 bits per heavy atom. The van der Waals surface area contributed by atoms with Crippen LogP contribution in [-0.4, -0.2) is 11.6 Å². The minimum absolute atomic E-state index is 0.0209. The summed E-state index contributed by atoms with van der Waals surface area (Å²) in [4.78, 5) is 24.3. The van der Waals surface area contributed by atoms with Crippen LogP contribution in [0, 0.1) is 12.7 Å². The Kier molecular flexibility index (Phi) is 4.37. The number of carbonyl (C=O) groups is 2. The summed E-state index contributed by atoms with van der Waals surface area (Å²) in [6, 6.07) is 12.4. The first-order valence-electron chi connectivity index (χ1n) is 7.93. The molecule has 2 aromatic carbocycles. The van der Waals surface area contributed by atoms with E-state index in [4.69, 9.17) is 0 Å². The molecule has 0 aliphatic heterocycles. The number of ketones is 2. The Balaban J connectivity index is 1.66. The third-order valence-electron chi connectivity index (χ3n) is 4.35. The molecule has 0 heterocycles. The van der Waals surface area contributed by atoms with Crippen molar-refractivity contribution in [2.45, 2.75) is 38.5 Å². The highest BCUT2D eigenvalue weighted by atomic mass is 19.1. The van der Waals surface area contributed by atoms with Crippen LogP contribution in [0.15, 0.2) is 42.5 Å². The van der Waals surface area contributed by atoms with Crippen LogP contribution in [0.1, 0.15) is 52.2 Å². The van der Waals surface area contributed by atoms with E-state index in [2.05, 4.69) is 0 Å². The normalized spacial score (nSPS) is 13.8. The second-order valence-electron chi connectivity index (χ2n) is 6.26. The molecular weight excluding hydrogens is 291 g/mol. The van der Waals surface area contributed by atoms with Gasteiger partial charge in [-0.3, -0.25) is 9.59 Å². The minimum atomic E-state index is -0.511. The van der Waals surface area contributed by atoms with E-state index in [1.165, 1.54) is 12.1 Å². The first kappa shape index (κ1) is 15.6. The number of carbonyl (C=O) groups excluding carboxylic acids is 2. The highest BCUT2D eigenvalue weighted by Crippen LogP contribution is 2.40. The van der Waals surface area contributed by atoms with E-state index in [-0.39, 0.29) is 24.2 Å². The van der Waals surface area contributed by atoms with Crippen LogP contribution in [0.3, 0.4) is 0 Å². The Labute approximate surface area is 135 Å². The van der Waals surface area contributed by atoms with E-state index >= 15 is 0 Å². The number of halogens is 1. The van der Waals surface area contributed by atoms with E-state index < -0.39 is 11.6 Å². The van der Waals surface area contributed by atoms with Crippen LogP contribution >= 0.6 is 0 Å². The summed E-state index contributed by atoms with van der Waals surface area (Å²) in [6.07, 6.45) is 2.12. The van der Waals surface area contributed by atoms with Gasteiger partial charge < -0.3 is 0 Å². The van der Waals surface area contributed by atoms with Gasteiger partial charge in [-0.15, -0.1) is 0 Å². The Morgan fingerprint density at radius 3 is 2.52 bits per heavy atom. The second-order valence-corrected chi connectivity index (χ2v) is 6.26. The van der Waals surface area contributed by atoms with Crippen molar-refractivity contribution in [1.82, 2.24) is 0 Å². The molecule has 1 aliphatic carbocycles. The third kappa shape index (κ3) is 3.73. The van der Waals surface area contributed by atoms with Gasteiger partial charge in [0.05, 0.1) is 12.0 Å². The maximum atomic E-state index is 14.1. The summed E-state index contributed by atoms with van der Waals surface area (Å²) in [6.45, 7) is 1.93. The quantitative estimate of drug-likeness (QED) is 0.585. The van der Waals surface area contributed by atoms with Crippen LogP contribution in [0.25, 0.3) is 0 Å². The van der Waals surface area contributed by atoms with E-state index in [1.54, 1.807) is 6.07 Å². The lowest BCUT2D eigenvalue weighted by atomic mass is 9.97. The molecule has 1 fully saturated rings. The van der Waals surface area contributed by atoms with Gasteiger partial charge in [0.25, 0.3) is 0 Å². The maximum Gasteiger partial charge on any atom is 0.173 e. The molecule has 118 valence electrons. The van der Waals surface area contributed by atoms with Gasteiger partial charge in [0.1, 0.15) is 11.6 Å². The summed E-state index contributed by atoms with van der Waals surface area (Å²) in [5, 5.41) is 0. The standard InChI is InChI=1S/C20H19FO2/c1-13-4-2-3-5-15(13)10-17(22)12-20(23)18-9-8-16(11-19(18)21)14-6-7-14/h2-5,8-9,11,14H,6-7,10,12H2,1H3.